The molecule has 1 aliphatic carbocycles. The highest BCUT2D eigenvalue weighted by Crippen LogP contribution is 2.46. The average Bonchev–Trinajstić information content (AvgIpc) is 2.97. The van der Waals surface area contributed by atoms with Crippen molar-refractivity contribution in [2.24, 2.45) is 5.92 Å². The molecule has 2 unspecified atom stereocenters. The molecule has 1 saturated carbocycles. The van der Waals surface area contributed by atoms with Crippen molar-refractivity contribution in [3.63, 3.8) is 0 Å². The molecule has 2 atom stereocenters. The van der Waals surface area contributed by atoms with E-state index in [9.17, 15) is 0 Å². The number of hydrogen-bond donors (Lipinski definition) is 1. The van der Waals surface area contributed by atoms with Gasteiger partial charge in [0.1, 0.15) is 0 Å². The highest BCUT2D eigenvalue weighted by atomic mass is 16.3. The van der Waals surface area contributed by atoms with Gasteiger partial charge in [-0.25, -0.2) is 0 Å². The molecular formula is C11H11NO. The molecule has 66 valence electrons. The zero-order valence-electron chi connectivity index (χ0n) is 7.27. The molecule has 0 heterocycles. The molecule has 2 nitrogen and oxygen atoms in total. The number of nitrogens with zero attached hydrogens (tertiary/aromatic N) is 1. The summed E-state index contributed by atoms with van der Waals surface area (Å²) in [6.07, 6.45) is 1.06. The molecule has 0 saturated heterocycles. The lowest BCUT2D eigenvalue weighted by atomic mass is 10.1. The van der Waals surface area contributed by atoms with E-state index in [4.69, 9.17) is 10.4 Å². The van der Waals surface area contributed by atoms with E-state index < -0.39 is 0 Å². The van der Waals surface area contributed by atoms with Crippen LogP contribution in [0.15, 0.2) is 24.3 Å². The highest BCUT2D eigenvalue weighted by molar-refractivity contribution is 5.36. The molecule has 0 amide bonds. The molecule has 2 rings (SSSR count). The zero-order valence-corrected chi connectivity index (χ0v) is 7.27. The predicted octanol–water partition coefficient (Wildman–Crippen LogP) is 1.65. The molecule has 0 aromatic heterocycles. The van der Waals surface area contributed by atoms with Crippen molar-refractivity contribution in [2.75, 3.05) is 6.61 Å². The Bertz CT molecular complexity index is 353. The normalized spacial score (nSPS) is 25.2. The van der Waals surface area contributed by atoms with Crippen molar-refractivity contribution in [3.05, 3.63) is 35.4 Å². The van der Waals surface area contributed by atoms with Crippen LogP contribution in [0.1, 0.15) is 23.5 Å². The summed E-state index contributed by atoms with van der Waals surface area (Å²) in [4.78, 5) is 0. The minimum atomic E-state index is 0.265. The van der Waals surface area contributed by atoms with E-state index in [1.54, 1.807) is 6.07 Å². The van der Waals surface area contributed by atoms with Gasteiger partial charge in [0, 0.05) is 6.61 Å². The van der Waals surface area contributed by atoms with Gasteiger partial charge in [-0.3, -0.25) is 0 Å². The van der Waals surface area contributed by atoms with Crippen LogP contribution in [0.2, 0.25) is 0 Å². The Balaban J connectivity index is 2.19. The van der Waals surface area contributed by atoms with Crippen LogP contribution in [0, 0.1) is 17.2 Å². The lowest BCUT2D eigenvalue weighted by Gasteiger charge is -1.98. The Labute approximate surface area is 77.4 Å². The second kappa shape index (κ2) is 3.20. The summed E-state index contributed by atoms with van der Waals surface area (Å²) in [7, 11) is 0. The molecule has 0 radical (unpaired) electrons. The number of nitriles is 1. The molecule has 1 aliphatic rings. The SMILES string of the molecule is N#Cc1cccc(C2CC2CO)c1. The van der Waals surface area contributed by atoms with Crippen LogP contribution in [-0.4, -0.2) is 11.7 Å². The standard InChI is InChI=1S/C11H11NO/c12-6-8-2-1-3-9(4-8)11-5-10(11)7-13/h1-4,10-11,13H,5,7H2. The third-order valence-electron chi connectivity index (χ3n) is 2.60. The van der Waals surface area contributed by atoms with Gasteiger partial charge in [-0.15, -0.1) is 0 Å². The van der Waals surface area contributed by atoms with Crippen LogP contribution in [-0.2, 0) is 0 Å². The summed E-state index contributed by atoms with van der Waals surface area (Å²) in [5.74, 6) is 0.909. The van der Waals surface area contributed by atoms with E-state index in [2.05, 4.69) is 6.07 Å². The van der Waals surface area contributed by atoms with Gasteiger partial charge < -0.3 is 5.11 Å². The summed E-state index contributed by atoms with van der Waals surface area (Å²) >= 11 is 0. The predicted molar refractivity (Wildman–Crippen MR) is 49.1 cm³/mol. The average molecular weight is 173 g/mol. The maximum atomic E-state index is 8.90. The van der Waals surface area contributed by atoms with Crippen molar-refractivity contribution in [3.8, 4) is 6.07 Å². The lowest BCUT2D eigenvalue weighted by molar-refractivity contribution is 0.274. The van der Waals surface area contributed by atoms with Gasteiger partial charge in [0.2, 0.25) is 0 Å². The largest absolute Gasteiger partial charge is 0.396 e. The minimum Gasteiger partial charge on any atom is -0.396 e. The monoisotopic (exact) mass is 173 g/mol. The Hall–Kier alpha value is -1.33. The first-order valence-electron chi connectivity index (χ1n) is 4.46. The number of benzene rings is 1. The first-order valence-corrected chi connectivity index (χ1v) is 4.46. The van der Waals surface area contributed by atoms with Crippen LogP contribution in [0.5, 0.6) is 0 Å². The Morgan fingerprint density at radius 1 is 1.54 bits per heavy atom. The molecular weight excluding hydrogens is 162 g/mol. The van der Waals surface area contributed by atoms with Gasteiger partial charge in [-0.1, -0.05) is 12.1 Å². The molecule has 0 bridgehead atoms. The zero-order chi connectivity index (χ0) is 9.26. The third kappa shape index (κ3) is 1.56. The lowest BCUT2D eigenvalue weighted by Crippen LogP contribution is -1.89. The van der Waals surface area contributed by atoms with Gasteiger partial charge >= 0.3 is 0 Å². The first-order chi connectivity index (χ1) is 6.35. The fourth-order valence-corrected chi connectivity index (χ4v) is 1.70. The van der Waals surface area contributed by atoms with Crippen LogP contribution in [0.3, 0.4) is 0 Å². The van der Waals surface area contributed by atoms with Gasteiger partial charge in [-0.2, -0.15) is 5.26 Å². The second-order valence-electron chi connectivity index (χ2n) is 3.52. The van der Waals surface area contributed by atoms with E-state index in [1.807, 2.05) is 18.2 Å². The quantitative estimate of drug-likeness (QED) is 0.739. The summed E-state index contributed by atoms with van der Waals surface area (Å²) < 4.78 is 0. The third-order valence-corrected chi connectivity index (χ3v) is 2.60. The maximum absolute atomic E-state index is 8.90. The second-order valence-corrected chi connectivity index (χ2v) is 3.52. The van der Waals surface area contributed by atoms with Crippen molar-refractivity contribution in [1.29, 1.82) is 5.26 Å². The number of rotatable bonds is 2. The van der Waals surface area contributed by atoms with Crippen LogP contribution in [0.25, 0.3) is 0 Å². The molecule has 1 aromatic rings. The fourth-order valence-electron chi connectivity index (χ4n) is 1.70. The highest BCUT2D eigenvalue weighted by Gasteiger charge is 2.37. The van der Waals surface area contributed by atoms with Crippen molar-refractivity contribution < 1.29 is 5.11 Å². The van der Waals surface area contributed by atoms with Crippen LogP contribution >= 0.6 is 0 Å². The minimum absolute atomic E-state index is 0.265. The number of hydrogen-bond acceptors (Lipinski definition) is 2. The van der Waals surface area contributed by atoms with Gasteiger partial charge in [0.05, 0.1) is 11.6 Å². The molecule has 1 N–H and O–H groups in total. The van der Waals surface area contributed by atoms with Gasteiger partial charge in [-0.05, 0) is 36.0 Å². The summed E-state index contributed by atoms with van der Waals surface area (Å²) in [5, 5.41) is 17.6. The molecule has 0 aliphatic heterocycles. The summed E-state index contributed by atoms with van der Waals surface area (Å²) in [6.45, 7) is 0.265. The van der Waals surface area contributed by atoms with Crippen LogP contribution < -0.4 is 0 Å². The smallest absolute Gasteiger partial charge is 0.0991 e. The van der Waals surface area contributed by atoms with Gasteiger partial charge in [0.15, 0.2) is 0 Å². The molecule has 0 spiro atoms. The summed E-state index contributed by atoms with van der Waals surface area (Å²) in [5.41, 5.74) is 1.90. The van der Waals surface area contributed by atoms with Crippen molar-refractivity contribution >= 4 is 0 Å². The van der Waals surface area contributed by atoms with E-state index in [1.165, 1.54) is 5.56 Å². The number of aliphatic hydroxyl groups is 1. The van der Waals surface area contributed by atoms with E-state index in [-0.39, 0.29) is 6.61 Å². The van der Waals surface area contributed by atoms with E-state index in [0.29, 0.717) is 17.4 Å². The van der Waals surface area contributed by atoms with E-state index >= 15 is 0 Å². The summed E-state index contributed by atoms with van der Waals surface area (Å²) in [6, 6.07) is 9.78. The fraction of sp³-hybridized carbons (Fsp3) is 0.364. The van der Waals surface area contributed by atoms with Crippen LogP contribution in [0.4, 0.5) is 0 Å². The Kier molecular flexibility index (Phi) is 2.03. The topological polar surface area (TPSA) is 44.0 Å². The Morgan fingerprint density at radius 3 is 3.00 bits per heavy atom. The van der Waals surface area contributed by atoms with E-state index in [0.717, 1.165) is 6.42 Å². The Morgan fingerprint density at radius 2 is 2.38 bits per heavy atom. The molecule has 13 heavy (non-hydrogen) atoms. The maximum Gasteiger partial charge on any atom is 0.0991 e. The number of aliphatic hydroxyl groups excluding tert-OH is 1. The van der Waals surface area contributed by atoms with Gasteiger partial charge in [0.25, 0.3) is 0 Å². The van der Waals surface area contributed by atoms with Crippen molar-refractivity contribution in [2.45, 2.75) is 12.3 Å². The molecule has 2 heteroatoms. The molecule has 1 aromatic carbocycles. The first kappa shape index (κ1) is 8.28. The van der Waals surface area contributed by atoms with Crippen molar-refractivity contribution in [1.82, 2.24) is 0 Å². The molecule has 1 fully saturated rings.